The largest absolute Gasteiger partial charge is 0.233 e. The molecule has 0 radical (unpaired) electrons. The molecule has 0 aliphatic rings. The summed E-state index contributed by atoms with van der Waals surface area (Å²) >= 11 is 0. The third-order valence-corrected chi connectivity index (χ3v) is 6.65. The van der Waals surface area contributed by atoms with Gasteiger partial charge < -0.3 is 0 Å². The summed E-state index contributed by atoms with van der Waals surface area (Å²) in [6, 6.07) is 15.7. The average Bonchev–Trinajstić information content (AvgIpc) is 2.99. The highest BCUT2D eigenvalue weighted by Crippen LogP contribution is 2.26. The first kappa shape index (κ1) is 18.4. The van der Waals surface area contributed by atoms with Gasteiger partial charge in [0.1, 0.15) is 0 Å². The molecule has 28 heavy (non-hydrogen) atoms. The Labute approximate surface area is 164 Å². The molecule has 0 spiro atoms. The first-order valence-corrected chi connectivity index (χ1v) is 10.5. The van der Waals surface area contributed by atoms with E-state index in [1.54, 1.807) is 53.2 Å². The van der Waals surface area contributed by atoms with Crippen molar-refractivity contribution in [2.24, 2.45) is 0 Å². The zero-order valence-electron chi connectivity index (χ0n) is 16.3. The van der Waals surface area contributed by atoms with Gasteiger partial charge in [-0.25, -0.2) is 18.1 Å². The van der Waals surface area contributed by atoms with E-state index in [1.807, 2.05) is 33.8 Å². The van der Waals surface area contributed by atoms with E-state index in [9.17, 15) is 8.42 Å². The van der Waals surface area contributed by atoms with Crippen molar-refractivity contribution in [1.82, 2.24) is 14.8 Å². The maximum atomic E-state index is 12.9. The lowest BCUT2D eigenvalue weighted by molar-refractivity contribution is 0.596. The summed E-state index contributed by atoms with van der Waals surface area (Å²) in [5.74, 6) is 0. The molecule has 6 heteroatoms. The molecule has 2 aromatic carbocycles. The van der Waals surface area contributed by atoms with Crippen LogP contribution in [0.2, 0.25) is 0 Å². The van der Waals surface area contributed by atoms with E-state index >= 15 is 0 Å². The first-order valence-electron chi connectivity index (χ1n) is 9.03. The number of pyridine rings is 1. The lowest BCUT2D eigenvalue weighted by Crippen LogP contribution is -2.03. The van der Waals surface area contributed by atoms with Crippen LogP contribution in [-0.2, 0) is 9.84 Å². The van der Waals surface area contributed by atoms with Crippen molar-refractivity contribution in [1.29, 1.82) is 0 Å². The highest BCUT2D eigenvalue weighted by Gasteiger charge is 2.18. The molecule has 0 unspecified atom stereocenters. The molecule has 0 bridgehead atoms. The monoisotopic (exact) mass is 391 g/mol. The number of fused-ring (bicyclic) bond motifs is 1. The summed E-state index contributed by atoms with van der Waals surface area (Å²) in [5, 5.41) is 5.66. The third-order valence-electron chi connectivity index (χ3n) is 4.86. The number of rotatable bonds is 3. The quantitative estimate of drug-likeness (QED) is 0.516. The lowest BCUT2D eigenvalue weighted by atomic mass is 10.1. The van der Waals surface area contributed by atoms with Crippen LogP contribution < -0.4 is 0 Å². The molecule has 0 saturated heterocycles. The molecular formula is C22H21N3O2S. The lowest BCUT2D eigenvalue weighted by Gasteiger charge is -2.08. The Balaban J connectivity index is 1.79. The van der Waals surface area contributed by atoms with Crippen molar-refractivity contribution in [3.63, 3.8) is 0 Å². The predicted octanol–water partition coefficient (Wildman–Crippen LogP) is 4.49. The molecule has 2 aromatic heterocycles. The number of benzene rings is 2. The molecular weight excluding hydrogens is 370 g/mol. The maximum absolute atomic E-state index is 12.9. The van der Waals surface area contributed by atoms with Crippen molar-refractivity contribution in [3.8, 4) is 5.69 Å². The van der Waals surface area contributed by atoms with Gasteiger partial charge >= 0.3 is 0 Å². The number of aromatic nitrogens is 3. The van der Waals surface area contributed by atoms with E-state index in [0.717, 1.165) is 39.2 Å². The van der Waals surface area contributed by atoms with Gasteiger partial charge in [-0.1, -0.05) is 17.7 Å². The van der Waals surface area contributed by atoms with Gasteiger partial charge in [0.15, 0.2) is 5.65 Å². The normalized spacial score (nSPS) is 11.9. The van der Waals surface area contributed by atoms with Crippen molar-refractivity contribution in [2.75, 3.05) is 0 Å². The van der Waals surface area contributed by atoms with E-state index in [4.69, 9.17) is 0 Å². The van der Waals surface area contributed by atoms with Gasteiger partial charge in [-0.15, -0.1) is 0 Å². The Hall–Kier alpha value is -2.99. The second-order valence-electron chi connectivity index (χ2n) is 7.09. The minimum absolute atomic E-state index is 0.258. The summed E-state index contributed by atoms with van der Waals surface area (Å²) in [4.78, 5) is 5.19. The van der Waals surface area contributed by atoms with Gasteiger partial charge in [0.2, 0.25) is 9.84 Å². The Morgan fingerprint density at radius 3 is 2.00 bits per heavy atom. The molecule has 2 heterocycles. The number of nitrogens with zero attached hydrogens (tertiary/aromatic N) is 3. The van der Waals surface area contributed by atoms with Crippen LogP contribution in [0.15, 0.2) is 64.4 Å². The van der Waals surface area contributed by atoms with Crippen LogP contribution >= 0.6 is 0 Å². The molecule has 0 amide bonds. The summed E-state index contributed by atoms with van der Waals surface area (Å²) in [7, 11) is -3.55. The molecule has 0 N–H and O–H groups in total. The molecule has 142 valence electrons. The standard InChI is InChI=1S/C22H21N3O2S/c1-14-5-9-19(10-6-14)28(26,27)20-11-7-18(8-12-20)25-22-21(17(4)24-25)15(2)13-16(3)23-22/h5-13H,1-4H3. The highest BCUT2D eigenvalue weighted by atomic mass is 32.2. The third kappa shape index (κ3) is 2.99. The summed E-state index contributed by atoms with van der Waals surface area (Å²) in [5.41, 5.74) is 5.53. The van der Waals surface area contributed by atoms with Crippen LogP contribution in [0.25, 0.3) is 16.7 Å². The highest BCUT2D eigenvalue weighted by molar-refractivity contribution is 7.91. The van der Waals surface area contributed by atoms with E-state index in [1.165, 1.54) is 0 Å². The molecule has 5 nitrogen and oxygen atoms in total. The van der Waals surface area contributed by atoms with Crippen molar-refractivity contribution >= 4 is 20.9 Å². The Morgan fingerprint density at radius 1 is 0.821 bits per heavy atom. The minimum Gasteiger partial charge on any atom is -0.233 e. The summed E-state index contributed by atoms with van der Waals surface area (Å²) < 4.78 is 27.5. The zero-order valence-corrected chi connectivity index (χ0v) is 17.1. The van der Waals surface area contributed by atoms with Crippen molar-refractivity contribution in [2.45, 2.75) is 37.5 Å². The van der Waals surface area contributed by atoms with Crippen LogP contribution in [0.3, 0.4) is 0 Å². The maximum Gasteiger partial charge on any atom is 0.206 e. The molecule has 0 atom stereocenters. The first-order chi connectivity index (χ1) is 13.3. The van der Waals surface area contributed by atoms with Gasteiger partial charge in [0.05, 0.1) is 21.2 Å². The average molecular weight is 391 g/mol. The fraction of sp³-hybridized carbons (Fsp3) is 0.182. The molecule has 0 saturated carbocycles. The van der Waals surface area contributed by atoms with Gasteiger partial charge in [0, 0.05) is 11.1 Å². The van der Waals surface area contributed by atoms with E-state index in [2.05, 4.69) is 10.1 Å². The number of hydrogen-bond donors (Lipinski definition) is 0. The SMILES string of the molecule is Cc1ccc(S(=O)(=O)c2ccc(-n3nc(C)c4c(C)cc(C)nc43)cc2)cc1. The number of hydrogen-bond acceptors (Lipinski definition) is 4. The van der Waals surface area contributed by atoms with E-state index in [-0.39, 0.29) is 4.90 Å². The van der Waals surface area contributed by atoms with Crippen LogP contribution in [0, 0.1) is 27.7 Å². The van der Waals surface area contributed by atoms with Crippen molar-refractivity contribution < 1.29 is 8.42 Å². The van der Waals surface area contributed by atoms with E-state index in [0.29, 0.717) is 4.90 Å². The van der Waals surface area contributed by atoms with Crippen LogP contribution in [0.4, 0.5) is 0 Å². The summed E-state index contributed by atoms with van der Waals surface area (Å²) in [6.07, 6.45) is 0. The van der Waals surface area contributed by atoms with Crippen LogP contribution in [-0.4, -0.2) is 23.2 Å². The minimum atomic E-state index is -3.55. The molecule has 4 rings (SSSR count). The van der Waals surface area contributed by atoms with Gasteiger partial charge in [-0.2, -0.15) is 5.10 Å². The van der Waals surface area contributed by atoms with Gasteiger partial charge in [-0.3, -0.25) is 0 Å². The summed E-state index contributed by atoms with van der Waals surface area (Å²) in [6.45, 7) is 7.89. The van der Waals surface area contributed by atoms with Crippen LogP contribution in [0.5, 0.6) is 0 Å². The molecule has 0 aliphatic heterocycles. The predicted molar refractivity (Wildman–Crippen MR) is 110 cm³/mol. The van der Waals surface area contributed by atoms with Crippen molar-refractivity contribution in [3.05, 3.63) is 77.1 Å². The smallest absolute Gasteiger partial charge is 0.206 e. The topological polar surface area (TPSA) is 64.8 Å². The molecule has 4 aromatic rings. The van der Waals surface area contributed by atoms with Gasteiger partial charge in [-0.05, 0) is 75.7 Å². The molecule has 0 fully saturated rings. The molecule has 0 aliphatic carbocycles. The number of aryl methyl sites for hydroxylation is 4. The Morgan fingerprint density at radius 2 is 1.39 bits per heavy atom. The van der Waals surface area contributed by atoms with E-state index < -0.39 is 9.84 Å². The fourth-order valence-corrected chi connectivity index (χ4v) is 4.73. The Kier molecular flexibility index (Phi) is 4.31. The number of sulfone groups is 1. The van der Waals surface area contributed by atoms with Crippen LogP contribution in [0.1, 0.15) is 22.5 Å². The zero-order chi connectivity index (χ0) is 20.1. The Bertz CT molecular complexity index is 1290. The second-order valence-corrected chi connectivity index (χ2v) is 9.04. The fourth-order valence-electron chi connectivity index (χ4n) is 3.46. The second kappa shape index (κ2) is 6.56. The van der Waals surface area contributed by atoms with Gasteiger partial charge in [0.25, 0.3) is 0 Å².